The summed E-state index contributed by atoms with van der Waals surface area (Å²) in [6.45, 7) is 0.291. The number of nitrogens with two attached hydrogens (primary N) is 1. The van der Waals surface area contributed by atoms with Gasteiger partial charge in [-0.1, -0.05) is 12.1 Å². The second kappa shape index (κ2) is 7.93. The molecule has 1 atom stereocenters. The Hall–Kier alpha value is -2.01. The third kappa shape index (κ3) is 5.48. The summed E-state index contributed by atoms with van der Waals surface area (Å²) in [7, 11) is -4.06. The molecule has 0 aliphatic carbocycles. The average molecular weight is 416 g/mol. The van der Waals surface area contributed by atoms with E-state index in [1.54, 1.807) is 12.1 Å². The second-order valence-corrected chi connectivity index (χ2v) is 9.93. The van der Waals surface area contributed by atoms with Crippen LogP contribution in [0.25, 0.3) is 0 Å². The number of sulfonamides is 1. The van der Waals surface area contributed by atoms with E-state index in [1.807, 2.05) is 19.0 Å². The van der Waals surface area contributed by atoms with Gasteiger partial charge >= 0.3 is 0 Å². The molecule has 27 heavy (non-hydrogen) atoms. The number of anilines is 1. The Bertz CT molecular complexity index is 1020. The largest absolute Gasteiger partial charge is 0.382 e. The van der Waals surface area contributed by atoms with Crippen LogP contribution in [0.5, 0.6) is 0 Å². The molecule has 0 aliphatic rings. The molecule has 0 radical (unpaired) electrons. The Labute approximate surface area is 159 Å². The number of hydrogen-bond donors (Lipinski definition) is 2. The van der Waals surface area contributed by atoms with E-state index < -0.39 is 19.9 Å². The summed E-state index contributed by atoms with van der Waals surface area (Å²) >= 11 is 0. The highest BCUT2D eigenvalue weighted by Crippen LogP contribution is 2.26. The molecule has 2 rings (SSSR count). The van der Waals surface area contributed by atoms with E-state index in [0.29, 0.717) is 6.54 Å². The molecule has 2 aromatic carbocycles. The molecule has 0 saturated heterocycles. The smallest absolute Gasteiger partial charge is 0.240 e. The summed E-state index contributed by atoms with van der Waals surface area (Å²) in [5.74, 6) is -0.350. The molecule has 7 nitrogen and oxygen atoms in total. The first kappa shape index (κ1) is 21.3. The average Bonchev–Trinajstić information content (AvgIpc) is 2.54. The maximum Gasteiger partial charge on any atom is 0.240 e. The van der Waals surface area contributed by atoms with Crippen molar-refractivity contribution in [1.82, 2.24) is 4.90 Å². The van der Waals surface area contributed by atoms with Crippen molar-refractivity contribution in [2.75, 3.05) is 32.2 Å². The number of halogens is 1. The topological polar surface area (TPSA) is 110 Å². The predicted molar refractivity (Wildman–Crippen MR) is 102 cm³/mol. The predicted octanol–water partition coefficient (Wildman–Crippen LogP) is 1.59. The van der Waals surface area contributed by atoms with E-state index in [9.17, 15) is 21.2 Å². The lowest BCUT2D eigenvalue weighted by Crippen LogP contribution is -2.27. The number of nitrogens with one attached hydrogen (secondary N) is 1. The molecule has 10 heteroatoms. The van der Waals surface area contributed by atoms with Crippen molar-refractivity contribution in [1.29, 1.82) is 0 Å². The lowest BCUT2D eigenvalue weighted by molar-refractivity contribution is 0.311. The van der Waals surface area contributed by atoms with Gasteiger partial charge in [-0.3, -0.25) is 0 Å². The standard InChI is InChI=1S/C17H22FN3O4S2/c1-21(2)16(12-4-6-13(18)7-5-12)11-20-15-9-8-14(26(3,22)23)10-17(15)27(19,24)25/h4-10,16,20H,11H2,1-3H3,(H2,19,24,25). The van der Waals surface area contributed by atoms with Gasteiger partial charge in [0.1, 0.15) is 10.7 Å². The monoisotopic (exact) mass is 415 g/mol. The fourth-order valence-corrected chi connectivity index (χ4v) is 4.06. The molecule has 1 unspecified atom stereocenters. The summed E-state index contributed by atoms with van der Waals surface area (Å²) in [6, 6.07) is 9.53. The summed E-state index contributed by atoms with van der Waals surface area (Å²) in [6.07, 6.45) is 0.985. The number of benzene rings is 2. The van der Waals surface area contributed by atoms with Crippen LogP contribution in [0.15, 0.2) is 52.3 Å². The minimum Gasteiger partial charge on any atom is -0.382 e. The first-order valence-electron chi connectivity index (χ1n) is 7.92. The van der Waals surface area contributed by atoms with E-state index in [4.69, 9.17) is 5.14 Å². The highest BCUT2D eigenvalue weighted by molar-refractivity contribution is 7.91. The number of rotatable bonds is 7. The molecule has 0 fully saturated rings. The third-order valence-corrected chi connectivity index (χ3v) is 6.11. The normalized spacial score (nSPS) is 13.6. The third-order valence-electron chi connectivity index (χ3n) is 4.05. The van der Waals surface area contributed by atoms with Crippen molar-refractivity contribution in [2.24, 2.45) is 5.14 Å². The van der Waals surface area contributed by atoms with E-state index >= 15 is 0 Å². The molecule has 2 aromatic rings. The summed E-state index contributed by atoms with van der Waals surface area (Å²) in [5.41, 5.74) is 1.03. The number of likely N-dealkylation sites (N-methyl/N-ethyl adjacent to an activating group) is 1. The Kier molecular flexibility index (Phi) is 6.25. The zero-order chi connectivity index (χ0) is 20.4. The van der Waals surface area contributed by atoms with Crippen LogP contribution < -0.4 is 10.5 Å². The Balaban J connectivity index is 2.36. The number of hydrogen-bond acceptors (Lipinski definition) is 6. The number of sulfone groups is 1. The Morgan fingerprint density at radius 3 is 2.15 bits per heavy atom. The van der Waals surface area contributed by atoms with Gasteiger partial charge in [-0.25, -0.2) is 26.4 Å². The molecular weight excluding hydrogens is 393 g/mol. The summed E-state index contributed by atoms with van der Waals surface area (Å²) in [4.78, 5) is 1.45. The quantitative estimate of drug-likeness (QED) is 0.711. The van der Waals surface area contributed by atoms with Crippen LogP contribution in [0.1, 0.15) is 11.6 Å². The first-order chi connectivity index (χ1) is 12.4. The van der Waals surface area contributed by atoms with Gasteiger partial charge in [0.15, 0.2) is 9.84 Å². The minimum absolute atomic E-state index is 0.139. The molecule has 0 saturated carbocycles. The van der Waals surface area contributed by atoms with Crippen LogP contribution in [-0.2, 0) is 19.9 Å². The van der Waals surface area contributed by atoms with Gasteiger partial charge in [-0.05, 0) is 50.0 Å². The van der Waals surface area contributed by atoms with Crippen molar-refractivity contribution in [3.8, 4) is 0 Å². The van der Waals surface area contributed by atoms with Gasteiger partial charge in [0.05, 0.1) is 16.6 Å². The molecule has 0 amide bonds. The van der Waals surface area contributed by atoms with Crippen LogP contribution in [0.4, 0.5) is 10.1 Å². The Morgan fingerprint density at radius 2 is 1.67 bits per heavy atom. The molecule has 0 spiro atoms. The van der Waals surface area contributed by atoms with Crippen molar-refractivity contribution in [3.05, 3.63) is 53.8 Å². The van der Waals surface area contributed by atoms with E-state index in [-0.39, 0.29) is 27.3 Å². The highest BCUT2D eigenvalue weighted by Gasteiger charge is 2.20. The van der Waals surface area contributed by atoms with E-state index in [2.05, 4.69) is 5.32 Å². The molecular formula is C17H22FN3O4S2. The van der Waals surface area contributed by atoms with Crippen molar-refractivity contribution < 1.29 is 21.2 Å². The molecule has 3 N–H and O–H groups in total. The second-order valence-electron chi connectivity index (χ2n) is 6.39. The fourth-order valence-electron chi connectivity index (χ4n) is 2.60. The molecule has 148 valence electrons. The summed E-state index contributed by atoms with van der Waals surface area (Å²) < 4.78 is 60.4. The van der Waals surface area contributed by atoms with E-state index in [0.717, 1.165) is 17.9 Å². The molecule has 0 heterocycles. The lowest BCUT2D eigenvalue weighted by Gasteiger charge is -2.26. The molecule has 0 aromatic heterocycles. The van der Waals surface area contributed by atoms with Crippen molar-refractivity contribution >= 4 is 25.5 Å². The van der Waals surface area contributed by atoms with Gasteiger partial charge in [0, 0.05) is 12.8 Å². The van der Waals surface area contributed by atoms with Crippen LogP contribution in [0, 0.1) is 5.82 Å². The van der Waals surface area contributed by atoms with Crippen molar-refractivity contribution in [2.45, 2.75) is 15.8 Å². The molecule has 0 bridgehead atoms. The maximum absolute atomic E-state index is 13.2. The zero-order valence-corrected chi connectivity index (χ0v) is 16.8. The van der Waals surface area contributed by atoms with Gasteiger partial charge in [0.25, 0.3) is 0 Å². The maximum atomic E-state index is 13.2. The fraction of sp³-hybridized carbons (Fsp3) is 0.294. The van der Waals surface area contributed by atoms with Crippen molar-refractivity contribution in [3.63, 3.8) is 0 Å². The SMILES string of the molecule is CN(C)C(CNc1ccc(S(C)(=O)=O)cc1S(N)(=O)=O)c1ccc(F)cc1. The van der Waals surface area contributed by atoms with Gasteiger partial charge in [-0.2, -0.15) is 0 Å². The first-order valence-corrected chi connectivity index (χ1v) is 11.4. The van der Waals surface area contributed by atoms with Gasteiger partial charge in [0.2, 0.25) is 10.0 Å². The lowest BCUT2D eigenvalue weighted by atomic mass is 10.1. The van der Waals surface area contributed by atoms with Crippen LogP contribution >= 0.6 is 0 Å². The number of nitrogens with zero attached hydrogens (tertiary/aromatic N) is 1. The van der Waals surface area contributed by atoms with E-state index in [1.165, 1.54) is 24.3 Å². The van der Waals surface area contributed by atoms with Crippen LogP contribution in [-0.4, -0.2) is 48.6 Å². The minimum atomic E-state index is -4.14. The summed E-state index contributed by atoms with van der Waals surface area (Å²) in [5, 5.41) is 8.25. The number of primary sulfonamides is 1. The van der Waals surface area contributed by atoms with Crippen LogP contribution in [0.3, 0.4) is 0 Å². The molecule has 0 aliphatic heterocycles. The van der Waals surface area contributed by atoms with Gasteiger partial charge < -0.3 is 10.2 Å². The Morgan fingerprint density at radius 1 is 1.07 bits per heavy atom. The highest BCUT2D eigenvalue weighted by atomic mass is 32.2. The van der Waals surface area contributed by atoms with Gasteiger partial charge in [-0.15, -0.1) is 0 Å². The van der Waals surface area contributed by atoms with Crippen LogP contribution in [0.2, 0.25) is 0 Å². The zero-order valence-electron chi connectivity index (χ0n) is 15.2.